The standard InChI is InChI=1S/C13H16F2N2O3/c1-8(2)17-12(18)5-6-16-9-3-4-10-11(7-9)20-13(14,15)19-10/h3-4,7-8,16H,5-6H2,1-2H3,(H,17,18). The van der Waals surface area contributed by atoms with Crippen molar-refractivity contribution < 1.29 is 23.0 Å². The Morgan fingerprint density at radius 1 is 1.30 bits per heavy atom. The number of amides is 1. The molecule has 0 radical (unpaired) electrons. The summed E-state index contributed by atoms with van der Waals surface area (Å²) in [5, 5.41) is 5.72. The Kier molecular flexibility index (Phi) is 3.96. The molecular formula is C13H16F2N2O3. The molecule has 5 nitrogen and oxygen atoms in total. The van der Waals surface area contributed by atoms with Crippen molar-refractivity contribution in [3.63, 3.8) is 0 Å². The van der Waals surface area contributed by atoms with E-state index in [1.807, 2.05) is 13.8 Å². The minimum Gasteiger partial charge on any atom is -0.395 e. The summed E-state index contributed by atoms with van der Waals surface area (Å²) in [6.07, 6.45) is -3.32. The Bertz CT molecular complexity index is 506. The van der Waals surface area contributed by atoms with Crippen LogP contribution in [0.3, 0.4) is 0 Å². The van der Waals surface area contributed by atoms with Crippen LogP contribution in [-0.4, -0.2) is 24.8 Å². The van der Waals surface area contributed by atoms with E-state index in [2.05, 4.69) is 20.1 Å². The molecule has 0 bridgehead atoms. The summed E-state index contributed by atoms with van der Waals surface area (Å²) in [4.78, 5) is 11.4. The van der Waals surface area contributed by atoms with Gasteiger partial charge < -0.3 is 20.1 Å². The maximum atomic E-state index is 12.8. The third-order valence-electron chi connectivity index (χ3n) is 2.53. The fourth-order valence-corrected chi connectivity index (χ4v) is 1.77. The fourth-order valence-electron chi connectivity index (χ4n) is 1.77. The molecule has 1 aliphatic heterocycles. The number of rotatable bonds is 5. The minimum absolute atomic E-state index is 0.00176. The number of hydrogen-bond donors (Lipinski definition) is 2. The highest BCUT2D eigenvalue weighted by Gasteiger charge is 2.43. The zero-order chi connectivity index (χ0) is 14.8. The number of fused-ring (bicyclic) bond motifs is 1. The van der Waals surface area contributed by atoms with Gasteiger partial charge in [-0.15, -0.1) is 8.78 Å². The van der Waals surface area contributed by atoms with Crippen LogP contribution in [0.1, 0.15) is 20.3 Å². The molecule has 1 aromatic carbocycles. The molecule has 2 N–H and O–H groups in total. The predicted molar refractivity (Wildman–Crippen MR) is 69.0 cm³/mol. The second-order valence-corrected chi connectivity index (χ2v) is 4.73. The second-order valence-electron chi connectivity index (χ2n) is 4.73. The lowest BCUT2D eigenvalue weighted by Gasteiger charge is -2.09. The minimum atomic E-state index is -3.61. The monoisotopic (exact) mass is 286 g/mol. The number of halogens is 2. The van der Waals surface area contributed by atoms with Gasteiger partial charge in [-0.25, -0.2) is 0 Å². The molecule has 0 unspecified atom stereocenters. The van der Waals surface area contributed by atoms with E-state index < -0.39 is 6.29 Å². The van der Waals surface area contributed by atoms with Gasteiger partial charge in [0.1, 0.15) is 0 Å². The highest BCUT2D eigenvalue weighted by Crippen LogP contribution is 2.42. The molecule has 20 heavy (non-hydrogen) atoms. The zero-order valence-electron chi connectivity index (χ0n) is 11.2. The van der Waals surface area contributed by atoms with E-state index in [9.17, 15) is 13.6 Å². The number of carbonyl (C=O) groups is 1. The first-order valence-corrected chi connectivity index (χ1v) is 6.29. The smallest absolute Gasteiger partial charge is 0.395 e. The van der Waals surface area contributed by atoms with Crippen LogP contribution in [0.15, 0.2) is 18.2 Å². The summed E-state index contributed by atoms with van der Waals surface area (Å²) in [7, 11) is 0. The molecule has 0 saturated heterocycles. The Hall–Kier alpha value is -2.05. The molecule has 0 aliphatic carbocycles. The predicted octanol–water partition coefficient (Wildman–Crippen LogP) is 2.33. The number of anilines is 1. The normalized spacial score (nSPS) is 15.2. The fraction of sp³-hybridized carbons (Fsp3) is 0.462. The number of hydrogen-bond acceptors (Lipinski definition) is 4. The van der Waals surface area contributed by atoms with Gasteiger partial charge in [-0.2, -0.15) is 0 Å². The van der Waals surface area contributed by atoms with E-state index in [1.165, 1.54) is 12.1 Å². The van der Waals surface area contributed by atoms with Gasteiger partial charge >= 0.3 is 6.29 Å². The molecule has 110 valence electrons. The molecule has 1 aliphatic rings. The Morgan fingerprint density at radius 3 is 2.70 bits per heavy atom. The number of alkyl halides is 2. The van der Waals surface area contributed by atoms with Crippen LogP contribution >= 0.6 is 0 Å². The first kappa shape index (κ1) is 14.4. The summed E-state index contributed by atoms with van der Waals surface area (Å²) in [6.45, 7) is 4.15. The average molecular weight is 286 g/mol. The summed E-state index contributed by atoms with van der Waals surface area (Å²) >= 11 is 0. The van der Waals surface area contributed by atoms with Gasteiger partial charge in [-0.3, -0.25) is 4.79 Å². The summed E-state index contributed by atoms with van der Waals surface area (Å²) in [5.41, 5.74) is 0.586. The van der Waals surface area contributed by atoms with Crippen molar-refractivity contribution >= 4 is 11.6 Å². The highest BCUT2D eigenvalue weighted by atomic mass is 19.3. The molecule has 0 saturated carbocycles. The molecule has 0 atom stereocenters. The van der Waals surface area contributed by atoms with Crippen LogP contribution in [0, 0.1) is 0 Å². The Balaban J connectivity index is 1.85. The van der Waals surface area contributed by atoms with Crippen molar-refractivity contribution in [2.75, 3.05) is 11.9 Å². The first-order chi connectivity index (χ1) is 9.35. The SMILES string of the molecule is CC(C)NC(=O)CCNc1ccc2c(c1)OC(F)(F)O2. The molecule has 0 fully saturated rings. The van der Waals surface area contributed by atoms with Gasteiger partial charge in [-0.1, -0.05) is 0 Å². The van der Waals surface area contributed by atoms with E-state index in [0.717, 1.165) is 0 Å². The van der Waals surface area contributed by atoms with Crippen molar-refractivity contribution in [3.05, 3.63) is 18.2 Å². The maximum Gasteiger partial charge on any atom is 0.586 e. The first-order valence-electron chi connectivity index (χ1n) is 6.29. The van der Waals surface area contributed by atoms with Gasteiger partial charge in [0.15, 0.2) is 11.5 Å². The van der Waals surface area contributed by atoms with Crippen molar-refractivity contribution in [1.82, 2.24) is 5.32 Å². The number of carbonyl (C=O) groups excluding carboxylic acids is 1. The van der Waals surface area contributed by atoms with E-state index in [4.69, 9.17) is 0 Å². The van der Waals surface area contributed by atoms with Crippen LogP contribution in [-0.2, 0) is 4.79 Å². The topological polar surface area (TPSA) is 59.6 Å². The Labute approximate surface area is 115 Å². The highest BCUT2D eigenvalue weighted by molar-refractivity contribution is 5.76. The Morgan fingerprint density at radius 2 is 2.00 bits per heavy atom. The van der Waals surface area contributed by atoms with Gasteiger partial charge in [0, 0.05) is 30.8 Å². The largest absolute Gasteiger partial charge is 0.586 e. The van der Waals surface area contributed by atoms with E-state index in [-0.39, 0.29) is 23.4 Å². The van der Waals surface area contributed by atoms with Gasteiger partial charge in [0.2, 0.25) is 5.91 Å². The van der Waals surface area contributed by atoms with E-state index >= 15 is 0 Å². The quantitative estimate of drug-likeness (QED) is 0.872. The third kappa shape index (κ3) is 3.72. The number of ether oxygens (including phenoxy) is 2. The average Bonchev–Trinajstić information content (AvgIpc) is 2.61. The third-order valence-corrected chi connectivity index (χ3v) is 2.53. The van der Waals surface area contributed by atoms with Crippen LogP contribution in [0.25, 0.3) is 0 Å². The molecule has 1 amide bonds. The van der Waals surface area contributed by atoms with Crippen LogP contribution in [0.2, 0.25) is 0 Å². The maximum absolute atomic E-state index is 12.8. The molecule has 7 heteroatoms. The second kappa shape index (κ2) is 5.52. The summed E-state index contributed by atoms with van der Waals surface area (Å²) in [5.74, 6) is -0.0930. The lowest BCUT2D eigenvalue weighted by atomic mass is 10.2. The van der Waals surface area contributed by atoms with Gasteiger partial charge in [-0.05, 0) is 26.0 Å². The van der Waals surface area contributed by atoms with E-state index in [0.29, 0.717) is 18.7 Å². The number of nitrogens with one attached hydrogen (secondary N) is 2. The molecule has 2 rings (SSSR count). The lowest BCUT2D eigenvalue weighted by Crippen LogP contribution is -2.31. The van der Waals surface area contributed by atoms with Crippen molar-refractivity contribution in [2.24, 2.45) is 0 Å². The summed E-state index contributed by atoms with van der Waals surface area (Å²) < 4.78 is 34.3. The molecule has 0 aromatic heterocycles. The molecule has 0 spiro atoms. The zero-order valence-corrected chi connectivity index (χ0v) is 11.2. The van der Waals surface area contributed by atoms with E-state index in [1.54, 1.807) is 6.07 Å². The summed E-state index contributed by atoms with van der Waals surface area (Å²) in [6, 6.07) is 4.49. The van der Waals surface area contributed by atoms with Crippen LogP contribution < -0.4 is 20.1 Å². The van der Waals surface area contributed by atoms with Crippen molar-refractivity contribution in [2.45, 2.75) is 32.6 Å². The number of benzene rings is 1. The molecule has 1 aromatic rings. The molecule has 1 heterocycles. The molecular weight excluding hydrogens is 270 g/mol. The van der Waals surface area contributed by atoms with Crippen LogP contribution in [0.5, 0.6) is 11.5 Å². The van der Waals surface area contributed by atoms with Gasteiger partial charge in [0.25, 0.3) is 0 Å². The van der Waals surface area contributed by atoms with Crippen molar-refractivity contribution in [3.8, 4) is 11.5 Å². The lowest BCUT2D eigenvalue weighted by molar-refractivity contribution is -0.286. The van der Waals surface area contributed by atoms with Gasteiger partial charge in [0.05, 0.1) is 0 Å². The van der Waals surface area contributed by atoms with Crippen LogP contribution in [0.4, 0.5) is 14.5 Å². The van der Waals surface area contributed by atoms with Crippen molar-refractivity contribution in [1.29, 1.82) is 0 Å².